The highest BCUT2D eigenvalue weighted by Crippen LogP contribution is 2.24. The lowest BCUT2D eigenvalue weighted by molar-refractivity contribution is -0.00501. The largest absolute Gasteiger partial charge is 0.467 e. The number of rotatable bonds is 6. The summed E-state index contributed by atoms with van der Waals surface area (Å²) in [7, 11) is 4.28. The van der Waals surface area contributed by atoms with Gasteiger partial charge in [-0.15, -0.1) is 0 Å². The lowest BCUT2D eigenvalue weighted by atomic mass is 9.88. The maximum Gasteiger partial charge on any atom is 0.191 e. The number of furan rings is 1. The van der Waals surface area contributed by atoms with Crippen molar-refractivity contribution >= 4 is 5.96 Å². The maximum atomic E-state index is 5.51. The van der Waals surface area contributed by atoms with Gasteiger partial charge in [0.2, 0.25) is 0 Å². The van der Waals surface area contributed by atoms with Gasteiger partial charge in [0, 0.05) is 31.8 Å². The average Bonchev–Trinajstić information content (AvgIpc) is 3.04. The van der Waals surface area contributed by atoms with Crippen molar-refractivity contribution in [2.24, 2.45) is 4.99 Å². The van der Waals surface area contributed by atoms with Gasteiger partial charge in [0.1, 0.15) is 12.3 Å². The van der Waals surface area contributed by atoms with E-state index < -0.39 is 0 Å². The Kier molecular flexibility index (Phi) is 6.27. The first kappa shape index (κ1) is 16.8. The fourth-order valence-electron chi connectivity index (χ4n) is 2.68. The van der Waals surface area contributed by atoms with E-state index in [1.54, 1.807) is 6.26 Å². The molecule has 0 unspecified atom stereocenters. The van der Waals surface area contributed by atoms with Crippen molar-refractivity contribution in [1.82, 2.24) is 15.5 Å². The molecule has 1 aliphatic rings. The van der Waals surface area contributed by atoms with Crippen molar-refractivity contribution in [3.63, 3.8) is 0 Å². The van der Waals surface area contributed by atoms with E-state index in [0.29, 0.717) is 6.54 Å². The minimum atomic E-state index is 0.124. The molecule has 6 nitrogen and oxygen atoms in total. The van der Waals surface area contributed by atoms with Gasteiger partial charge in [0.15, 0.2) is 5.96 Å². The molecule has 0 amide bonds. The van der Waals surface area contributed by atoms with E-state index >= 15 is 0 Å². The second kappa shape index (κ2) is 8.19. The second-order valence-electron chi connectivity index (χ2n) is 5.86. The molecule has 2 rings (SSSR count). The lowest BCUT2D eigenvalue weighted by Gasteiger charge is -2.43. The molecule has 2 heterocycles. The van der Waals surface area contributed by atoms with Crippen LogP contribution in [0, 0.1) is 0 Å². The fourth-order valence-corrected chi connectivity index (χ4v) is 2.68. The highest BCUT2D eigenvalue weighted by Gasteiger charge is 2.34. The Bertz CT molecular complexity index is 451. The zero-order valence-corrected chi connectivity index (χ0v) is 13.9. The third kappa shape index (κ3) is 4.48. The first-order valence-corrected chi connectivity index (χ1v) is 7.96. The highest BCUT2D eigenvalue weighted by atomic mass is 16.5. The SMILES string of the molecule is CCNC(=NCc1ccco1)NCC1(N(C)C)CCOCC1. The number of hydrogen-bond acceptors (Lipinski definition) is 4. The van der Waals surface area contributed by atoms with Gasteiger partial charge in [0.25, 0.3) is 0 Å². The van der Waals surface area contributed by atoms with E-state index in [9.17, 15) is 0 Å². The Balaban J connectivity index is 1.95. The van der Waals surface area contributed by atoms with Crippen LogP contribution < -0.4 is 10.6 Å². The summed E-state index contributed by atoms with van der Waals surface area (Å²) in [5, 5.41) is 6.76. The lowest BCUT2D eigenvalue weighted by Crippen LogP contribution is -2.57. The molecule has 22 heavy (non-hydrogen) atoms. The summed E-state index contributed by atoms with van der Waals surface area (Å²) in [6, 6.07) is 3.82. The van der Waals surface area contributed by atoms with Gasteiger partial charge in [-0.1, -0.05) is 0 Å². The van der Waals surface area contributed by atoms with Gasteiger partial charge < -0.3 is 24.7 Å². The minimum absolute atomic E-state index is 0.124. The summed E-state index contributed by atoms with van der Waals surface area (Å²) in [5.41, 5.74) is 0.124. The number of nitrogens with zero attached hydrogens (tertiary/aromatic N) is 2. The maximum absolute atomic E-state index is 5.51. The molecule has 0 aromatic carbocycles. The zero-order chi connectivity index (χ0) is 15.8. The summed E-state index contributed by atoms with van der Waals surface area (Å²) in [5.74, 6) is 1.69. The summed E-state index contributed by atoms with van der Waals surface area (Å²) in [6.45, 7) is 5.94. The summed E-state index contributed by atoms with van der Waals surface area (Å²) >= 11 is 0. The highest BCUT2D eigenvalue weighted by molar-refractivity contribution is 5.79. The van der Waals surface area contributed by atoms with Crippen LogP contribution in [-0.2, 0) is 11.3 Å². The summed E-state index contributed by atoms with van der Waals surface area (Å²) < 4.78 is 10.8. The molecule has 0 aliphatic carbocycles. The van der Waals surface area contributed by atoms with Gasteiger partial charge in [-0.25, -0.2) is 4.99 Å². The summed E-state index contributed by atoms with van der Waals surface area (Å²) in [4.78, 5) is 6.89. The van der Waals surface area contributed by atoms with E-state index in [2.05, 4.69) is 41.5 Å². The number of hydrogen-bond donors (Lipinski definition) is 2. The van der Waals surface area contributed by atoms with Crippen LogP contribution in [0.2, 0.25) is 0 Å². The molecule has 1 saturated heterocycles. The average molecular weight is 308 g/mol. The number of guanidine groups is 1. The van der Waals surface area contributed by atoms with Gasteiger partial charge in [-0.05, 0) is 46.0 Å². The second-order valence-corrected chi connectivity index (χ2v) is 5.86. The third-order valence-electron chi connectivity index (χ3n) is 4.27. The van der Waals surface area contributed by atoms with Crippen molar-refractivity contribution < 1.29 is 9.15 Å². The van der Waals surface area contributed by atoms with Crippen LogP contribution in [0.3, 0.4) is 0 Å². The standard InChI is InChI=1S/C16H28N4O2/c1-4-17-15(18-12-14-6-5-9-22-14)19-13-16(20(2)3)7-10-21-11-8-16/h5-6,9H,4,7-8,10-13H2,1-3H3,(H2,17,18,19). The van der Waals surface area contributed by atoms with Crippen LogP contribution in [-0.4, -0.2) is 56.8 Å². The Morgan fingerprint density at radius 3 is 2.68 bits per heavy atom. The van der Waals surface area contributed by atoms with Gasteiger partial charge >= 0.3 is 0 Å². The Hall–Kier alpha value is -1.53. The molecule has 0 spiro atoms. The van der Waals surface area contributed by atoms with E-state index in [1.165, 1.54) is 0 Å². The first-order chi connectivity index (χ1) is 10.7. The monoisotopic (exact) mass is 308 g/mol. The normalized spacial score (nSPS) is 18.5. The molecule has 1 aliphatic heterocycles. The number of ether oxygens (including phenoxy) is 1. The predicted molar refractivity (Wildman–Crippen MR) is 88.0 cm³/mol. The molecule has 0 bridgehead atoms. The van der Waals surface area contributed by atoms with Crippen LogP contribution in [0.1, 0.15) is 25.5 Å². The van der Waals surface area contributed by atoms with Gasteiger partial charge in [0.05, 0.1) is 6.26 Å². The molecule has 1 fully saturated rings. The van der Waals surface area contributed by atoms with Crippen molar-refractivity contribution in [3.05, 3.63) is 24.2 Å². The topological polar surface area (TPSA) is 62.0 Å². The quantitative estimate of drug-likeness (QED) is 0.615. The smallest absolute Gasteiger partial charge is 0.191 e. The van der Waals surface area contributed by atoms with E-state index in [0.717, 1.165) is 50.9 Å². The van der Waals surface area contributed by atoms with Crippen LogP contribution in [0.15, 0.2) is 27.8 Å². The number of nitrogens with one attached hydrogen (secondary N) is 2. The molecule has 6 heteroatoms. The number of aliphatic imine (C=N–C) groups is 1. The van der Waals surface area contributed by atoms with Gasteiger partial charge in [-0.2, -0.15) is 0 Å². The van der Waals surface area contributed by atoms with Crippen molar-refractivity contribution in [2.75, 3.05) is 40.4 Å². The van der Waals surface area contributed by atoms with Crippen molar-refractivity contribution in [3.8, 4) is 0 Å². The molecule has 2 N–H and O–H groups in total. The Morgan fingerprint density at radius 1 is 1.32 bits per heavy atom. The Labute approximate surface area is 132 Å². The minimum Gasteiger partial charge on any atom is -0.467 e. The molecule has 0 atom stereocenters. The Morgan fingerprint density at radius 2 is 2.09 bits per heavy atom. The fraction of sp³-hybridized carbons (Fsp3) is 0.688. The summed E-state index contributed by atoms with van der Waals surface area (Å²) in [6.07, 6.45) is 3.74. The van der Waals surface area contributed by atoms with Gasteiger partial charge in [-0.3, -0.25) is 0 Å². The molecule has 0 radical (unpaired) electrons. The van der Waals surface area contributed by atoms with E-state index in [-0.39, 0.29) is 5.54 Å². The predicted octanol–water partition coefficient (Wildman–Crippen LogP) is 1.45. The van der Waals surface area contributed by atoms with E-state index in [4.69, 9.17) is 9.15 Å². The van der Waals surface area contributed by atoms with Crippen LogP contribution in [0.25, 0.3) is 0 Å². The van der Waals surface area contributed by atoms with Crippen molar-refractivity contribution in [2.45, 2.75) is 31.8 Å². The third-order valence-corrected chi connectivity index (χ3v) is 4.27. The van der Waals surface area contributed by atoms with Crippen LogP contribution in [0.4, 0.5) is 0 Å². The molecule has 124 valence electrons. The first-order valence-electron chi connectivity index (χ1n) is 7.96. The van der Waals surface area contributed by atoms with E-state index in [1.807, 2.05) is 12.1 Å². The van der Waals surface area contributed by atoms with Crippen LogP contribution >= 0.6 is 0 Å². The number of likely N-dealkylation sites (N-methyl/N-ethyl adjacent to an activating group) is 1. The molecule has 0 saturated carbocycles. The molecular formula is C16H28N4O2. The molecular weight excluding hydrogens is 280 g/mol. The zero-order valence-electron chi connectivity index (χ0n) is 13.9. The van der Waals surface area contributed by atoms with Crippen molar-refractivity contribution in [1.29, 1.82) is 0 Å². The van der Waals surface area contributed by atoms with Crippen LogP contribution in [0.5, 0.6) is 0 Å². The molecule has 1 aromatic heterocycles. The molecule has 1 aromatic rings.